The van der Waals surface area contributed by atoms with Gasteiger partial charge in [0.25, 0.3) is 5.91 Å². The van der Waals surface area contributed by atoms with Crippen LogP contribution in [0.1, 0.15) is 50.0 Å². The fourth-order valence-electron chi connectivity index (χ4n) is 6.94. The number of para-hydroxylation sites is 1. The maximum atomic E-state index is 14.1. The molecule has 0 spiro atoms. The van der Waals surface area contributed by atoms with Crippen molar-refractivity contribution in [1.29, 1.82) is 0 Å². The maximum absolute atomic E-state index is 14.1. The monoisotopic (exact) mass is 596 g/mol. The van der Waals surface area contributed by atoms with Gasteiger partial charge in [0, 0.05) is 17.5 Å². The van der Waals surface area contributed by atoms with Gasteiger partial charge in [-0.05, 0) is 52.6 Å². The summed E-state index contributed by atoms with van der Waals surface area (Å²) in [6.07, 6.45) is -4.59. The second-order valence-corrected chi connectivity index (χ2v) is 11.0. The van der Waals surface area contributed by atoms with Crippen LogP contribution in [0.3, 0.4) is 0 Å². The molecule has 4 aromatic rings. The lowest BCUT2D eigenvalue weighted by Gasteiger charge is -2.45. The summed E-state index contributed by atoms with van der Waals surface area (Å²) in [5.41, 5.74) is 2.95. The number of anilines is 2. The molecule has 0 radical (unpaired) electrons. The maximum Gasteiger partial charge on any atom is 0.416 e. The Morgan fingerprint density at radius 2 is 1.25 bits per heavy atom. The van der Waals surface area contributed by atoms with Gasteiger partial charge >= 0.3 is 12.1 Å². The van der Waals surface area contributed by atoms with Crippen molar-refractivity contribution >= 4 is 35.1 Å². The second-order valence-electron chi connectivity index (χ2n) is 11.0. The van der Waals surface area contributed by atoms with Crippen LogP contribution in [0.4, 0.5) is 24.5 Å². The minimum atomic E-state index is -4.59. The van der Waals surface area contributed by atoms with Crippen LogP contribution < -0.4 is 10.2 Å². The molecular formula is C34H23F3N2O5. The zero-order chi connectivity index (χ0) is 30.7. The first-order valence-corrected chi connectivity index (χ1v) is 13.9. The highest BCUT2D eigenvalue weighted by Crippen LogP contribution is 2.61. The predicted octanol–water partition coefficient (Wildman–Crippen LogP) is 5.90. The molecule has 220 valence electrons. The molecule has 3 amide bonds. The van der Waals surface area contributed by atoms with E-state index in [9.17, 15) is 32.3 Å². The minimum Gasteiger partial charge on any atom is -0.452 e. The van der Waals surface area contributed by atoms with Gasteiger partial charge in [-0.3, -0.25) is 14.4 Å². The molecule has 44 heavy (non-hydrogen) atoms. The second kappa shape index (κ2) is 10.2. The first kappa shape index (κ1) is 27.6. The Balaban J connectivity index is 1.14. The highest BCUT2D eigenvalue weighted by molar-refractivity contribution is 6.25. The first-order chi connectivity index (χ1) is 21.1. The van der Waals surface area contributed by atoms with Gasteiger partial charge in [-0.25, -0.2) is 9.69 Å². The summed E-state index contributed by atoms with van der Waals surface area (Å²) in [6, 6.07) is 25.7. The van der Waals surface area contributed by atoms with Crippen molar-refractivity contribution in [3.8, 4) is 0 Å². The SMILES string of the molecule is O=C(COC(=O)c1ccccc1N1C(=O)[C@@H]2C3c4ccccc4C(c4ccccc43)[C@H]2C1=O)Nc1cccc(C(F)(F)F)c1. The molecule has 1 aliphatic heterocycles. The largest absolute Gasteiger partial charge is 0.452 e. The van der Waals surface area contributed by atoms with Crippen LogP contribution in [-0.4, -0.2) is 30.3 Å². The van der Waals surface area contributed by atoms with Gasteiger partial charge < -0.3 is 10.1 Å². The van der Waals surface area contributed by atoms with Crippen LogP contribution in [0.2, 0.25) is 0 Å². The number of carbonyl (C=O) groups excluding carboxylic acids is 4. The number of imide groups is 1. The van der Waals surface area contributed by atoms with Crippen molar-refractivity contribution in [2.75, 3.05) is 16.8 Å². The predicted molar refractivity (Wildman–Crippen MR) is 153 cm³/mol. The number of rotatable bonds is 5. The quantitative estimate of drug-likeness (QED) is 0.229. The van der Waals surface area contributed by atoms with Crippen LogP contribution in [0.25, 0.3) is 0 Å². The zero-order valence-corrected chi connectivity index (χ0v) is 22.9. The topological polar surface area (TPSA) is 92.8 Å². The molecule has 4 aromatic carbocycles. The molecule has 3 aliphatic carbocycles. The molecule has 4 aliphatic rings. The number of halogens is 3. The van der Waals surface area contributed by atoms with Gasteiger partial charge in [0.05, 0.1) is 28.7 Å². The minimum absolute atomic E-state index is 0.0488. The highest BCUT2D eigenvalue weighted by atomic mass is 19.4. The number of nitrogens with zero attached hydrogens (tertiary/aromatic N) is 1. The van der Waals surface area contributed by atoms with E-state index in [1.807, 2.05) is 48.5 Å². The van der Waals surface area contributed by atoms with Crippen molar-refractivity contribution in [2.24, 2.45) is 11.8 Å². The number of amides is 3. The normalized spacial score (nSPS) is 21.4. The molecule has 1 fully saturated rings. The van der Waals surface area contributed by atoms with Gasteiger partial charge in [0.1, 0.15) is 0 Å². The van der Waals surface area contributed by atoms with Crippen molar-refractivity contribution in [3.05, 3.63) is 130 Å². The standard InChI is InChI=1S/C34H23F3N2O5/c35-34(36,37)18-8-7-9-19(16-18)38-26(40)17-44-33(43)24-14-5-6-15-25(24)39-31(41)29-27-20-10-1-2-11-21(20)28(30(29)32(39)42)23-13-4-3-12-22(23)27/h1-16,27-30H,17H2,(H,38,40)/t27?,28?,29-,30-/m1/s1. The Morgan fingerprint density at radius 3 is 1.80 bits per heavy atom. The van der Waals surface area contributed by atoms with Crippen LogP contribution in [0.5, 0.6) is 0 Å². The molecule has 1 heterocycles. The molecule has 8 rings (SSSR count). The molecule has 10 heteroatoms. The van der Waals surface area contributed by atoms with Crippen molar-refractivity contribution in [1.82, 2.24) is 0 Å². The zero-order valence-electron chi connectivity index (χ0n) is 22.9. The molecule has 2 bridgehead atoms. The number of hydrogen-bond acceptors (Lipinski definition) is 5. The van der Waals surface area contributed by atoms with Crippen molar-refractivity contribution < 1.29 is 37.1 Å². The van der Waals surface area contributed by atoms with Gasteiger partial charge in [0.15, 0.2) is 6.61 Å². The number of nitrogens with one attached hydrogen (secondary N) is 1. The van der Waals surface area contributed by atoms with Crippen LogP contribution in [0.15, 0.2) is 97.1 Å². The summed E-state index contributed by atoms with van der Waals surface area (Å²) < 4.78 is 44.2. The van der Waals surface area contributed by atoms with Crippen LogP contribution in [-0.2, 0) is 25.3 Å². The van der Waals surface area contributed by atoms with E-state index in [-0.39, 0.29) is 28.8 Å². The summed E-state index contributed by atoms with van der Waals surface area (Å²) in [4.78, 5) is 54.9. The Morgan fingerprint density at radius 1 is 0.727 bits per heavy atom. The Bertz CT molecular complexity index is 1750. The Kier molecular flexibility index (Phi) is 6.38. The average Bonchev–Trinajstić information content (AvgIpc) is 3.29. The average molecular weight is 597 g/mol. The van der Waals surface area contributed by atoms with Crippen LogP contribution >= 0.6 is 0 Å². The fraction of sp³-hybridized carbons (Fsp3) is 0.176. The smallest absolute Gasteiger partial charge is 0.416 e. The van der Waals surface area contributed by atoms with E-state index in [2.05, 4.69) is 5.32 Å². The van der Waals surface area contributed by atoms with Gasteiger partial charge in [0.2, 0.25) is 11.8 Å². The molecule has 2 atom stereocenters. The lowest BCUT2D eigenvalue weighted by Crippen LogP contribution is -2.41. The van der Waals surface area contributed by atoms with E-state index in [1.54, 1.807) is 6.07 Å². The van der Waals surface area contributed by atoms with E-state index < -0.39 is 53.9 Å². The van der Waals surface area contributed by atoms with E-state index in [4.69, 9.17) is 4.74 Å². The molecule has 7 nitrogen and oxygen atoms in total. The van der Waals surface area contributed by atoms with Gasteiger partial charge in [-0.15, -0.1) is 0 Å². The van der Waals surface area contributed by atoms with E-state index in [0.29, 0.717) is 0 Å². The molecule has 0 unspecified atom stereocenters. The molecular weight excluding hydrogens is 573 g/mol. The van der Waals surface area contributed by atoms with E-state index >= 15 is 0 Å². The third-order valence-corrected chi connectivity index (χ3v) is 8.62. The molecule has 0 aromatic heterocycles. The van der Waals surface area contributed by atoms with Crippen molar-refractivity contribution in [2.45, 2.75) is 18.0 Å². The van der Waals surface area contributed by atoms with Crippen LogP contribution in [0, 0.1) is 11.8 Å². The number of carbonyl (C=O) groups is 4. The summed E-state index contributed by atoms with van der Waals surface area (Å²) in [6.45, 7) is -0.800. The summed E-state index contributed by atoms with van der Waals surface area (Å²) in [7, 11) is 0. The lowest BCUT2D eigenvalue weighted by molar-refractivity contribution is -0.137. The highest BCUT2D eigenvalue weighted by Gasteiger charge is 2.62. The molecule has 0 saturated carbocycles. The van der Waals surface area contributed by atoms with Crippen molar-refractivity contribution in [3.63, 3.8) is 0 Å². The third-order valence-electron chi connectivity index (χ3n) is 8.62. The summed E-state index contributed by atoms with van der Waals surface area (Å²) in [5, 5.41) is 2.28. The number of alkyl halides is 3. The fourth-order valence-corrected chi connectivity index (χ4v) is 6.94. The van der Waals surface area contributed by atoms with Gasteiger partial charge in [-0.1, -0.05) is 66.7 Å². The summed E-state index contributed by atoms with van der Waals surface area (Å²) in [5.74, 6) is -4.61. The third kappa shape index (κ3) is 4.28. The Labute approximate surface area is 249 Å². The van der Waals surface area contributed by atoms with E-state index in [1.165, 1.54) is 24.3 Å². The molecule has 1 saturated heterocycles. The van der Waals surface area contributed by atoms with Gasteiger partial charge in [-0.2, -0.15) is 13.2 Å². The number of esters is 1. The number of ether oxygens (including phenoxy) is 1. The number of hydrogen-bond donors (Lipinski definition) is 1. The lowest BCUT2D eigenvalue weighted by atomic mass is 9.55. The first-order valence-electron chi connectivity index (χ1n) is 13.9. The molecule has 1 N–H and O–H groups in total. The number of benzene rings is 4. The van der Waals surface area contributed by atoms with E-state index in [0.717, 1.165) is 45.4 Å². The Hall–Kier alpha value is -5.25. The summed E-state index contributed by atoms with van der Waals surface area (Å²) >= 11 is 0.